The Morgan fingerprint density at radius 2 is 1.31 bits per heavy atom. The molecule has 2 fully saturated rings. The van der Waals surface area contributed by atoms with Crippen molar-refractivity contribution in [3.63, 3.8) is 0 Å². The van der Waals surface area contributed by atoms with Gasteiger partial charge in [0.05, 0.1) is 0 Å². The van der Waals surface area contributed by atoms with E-state index in [0.29, 0.717) is 5.92 Å². The predicted octanol–water partition coefficient (Wildman–Crippen LogP) is 4.54. The fraction of sp³-hybridized carbons (Fsp3) is 1.00. The van der Waals surface area contributed by atoms with Crippen LogP contribution in [0.4, 0.5) is 4.39 Å². The van der Waals surface area contributed by atoms with E-state index in [2.05, 4.69) is 6.92 Å². The fourth-order valence-corrected chi connectivity index (χ4v) is 2.58. The predicted molar refractivity (Wildman–Crippen MR) is 70.5 cm³/mol. The highest BCUT2D eigenvalue weighted by Gasteiger charge is 2.19. The second-order valence-electron chi connectivity index (χ2n) is 5.52. The van der Waals surface area contributed by atoms with E-state index in [9.17, 15) is 4.39 Å². The maximum Gasteiger partial charge on any atom is 0.103 e. The molecule has 0 bridgehead atoms. The molecule has 0 aromatic heterocycles. The number of hydrogen-bond donors (Lipinski definition) is 0. The van der Waals surface area contributed by atoms with Crippen LogP contribution in [0, 0.1) is 11.8 Å². The molecule has 2 saturated carbocycles. The van der Waals surface area contributed by atoms with Crippen LogP contribution in [0.5, 0.6) is 0 Å². The Hall–Kier alpha value is -0.110. The van der Waals surface area contributed by atoms with Crippen LogP contribution in [-0.2, 0) is 0 Å². The Kier molecular flexibility index (Phi) is 8.91. The van der Waals surface area contributed by atoms with E-state index in [4.69, 9.17) is 0 Å². The van der Waals surface area contributed by atoms with Gasteiger partial charge in [0.2, 0.25) is 0 Å². The minimum Gasteiger partial charge on any atom is -0.412 e. The summed E-state index contributed by atoms with van der Waals surface area (Å²) < 4.78 is 12.6. The molecular formula is C14H31FO. The van der Waals surface area contributed by atoms with E-state index in [1.165, 1.54) is 38.5 Å². The van der Waals surface area contributed by atoms with Crippen molar-refractivity contribution in [2.45, 2.75) is 77.8 Å². The van der Waals surface area contributed by atoms with Gasteiger partial charge in [-0.05, 0) is 24.7 Å². The molecule has 0 radical (unpaired) electrons. The van der Waals surface area contributed by atoms with Gasteiger partial charge in [-0.25, -0.2) is 4.39 Å². The molecule has 0 aliphatic heterocycles. The first kappa shape index (κ1) is 15.9. The van der Waals surface area contributed by atoms with Crippen LogP contribution in [0.1, 0.15) is 73.1 Å². The molecule has 2 unspecified atom stereocenters. The Morgan fingerprint density at radius 1 is 0.812 bits per heavy atom. The zero-order valence-corrected chi connectivity index (χ0v) is 11.0. The molecule has 2 N–H and O–H groups in total. The number of rotatable bonds is 0. The minimum atomic E-state index is -0.497. The third kappa shape index (κ3) is 6.47. The number of halogens is 1. The van der Waals surface area contributed by atoms with Crippen molar-refractivity contribution in [3.8, 4) is 0 Å². The van der Waals surface area contributed by atoms with Crippen molar-refractivity contribution in [1.29, 1.82) is 0 Å². The maximum absolute atomic E-state index is 12.6. The quantitative estimate of drug-likeness (QED) is 0.589. The van der Waals surface area contributed by atoms with Gasteiger partial charge in [-0.1, -0.05) is 58.8 Å². The van der Waals surface area contributed by atoms with Crippen LogP contribution >= 0.6 is 0 Å². The van der Waals surface area contributed by atoms with E-state index in [0.717, 1.165) is 25.2 Å². The zero-order valence-electron chi connectivity index (χ0n) is 11.0. The molecule has 2 aliphatic rings. The smallest absolute Gasteiger partial charge is 0.103 e. The van der Waals surface area contributed by atoms with Crippen molar-refractivity contribution in [1.82, 2.24) is 0 Å². The van der Waals surface area contributed by atoms with Gasteiger partial charge in [0.1, 0.15) is 6.17 Å². The molecule has 0 saturated heterocycles. The molecule has 0 heterocycles. The lowest BCUT2D eigenvalue weighted by molar-refractivity contribution is 0.179. The first-order chi connectivity index (χ1) is 7.20. The molecule has 16 heavy (non-hydrogen) atoms. The summed E-state index contributed by atoms with van der Waals surface area (Å²) in [7, 11) is 0. The largest absolute Gasteiger partial charge is 0.412 e. The summed E-state index contributed by atoms with van der Waals surface area (Å²) in [4.78, 5) is 0. The maximum atomic E-state index is 12.6. The monoisotopic (exact) mass is 234 g/mol. The van der Waals surface area contributed by atoms with Gasteiger partial charge in [0.25, 0.3) is 0 Å². The molecule has 2 rings (SSSR count). The summed E-state index contributed by atoms with van der Waals surface area (Å²) >= 11 is 0. The zero-order chi connectivity index (χ0) is 11.1. The lowest BCUT2D eigenvalue weighted by atomic mass is 9.89. The fourth-order valence-electron chi connectivity index (χ4n) is 2.58. The third-order valence-electron chi connectivity index (χ3n) is 3.90. The summed E-state index contributed by atoms with van der Waals surface area (Å²) in [6, 6.07) is 0. The Morgan fingerprint density at radius 3 is 1.62 bits per heavy atom. The summed E-state index contributed by atoms with van der Waals surface area (Å²) in [5.41, 5.74) is 0. The highest BCUT2D eigenvalue weighted by atomic mass is 19.1. The van der Waals surface area contributed by atoms with Gasteiger partial charge < -0.3 is 5.48 Å². The third-order valence-corrected chi connectivity index (χ3v) is 3.90. The van der Waals surface area contributed by atoms with Gasteiger partial charge in [-0.15, -0.1) is 0 Å². The van der Waals surface area contributed by atoms with Crippen molar-refractivity contribution < 1.29 is 11.3 Å². The van der Waals surface area contributed by atoms with E-state index < -0.39 is 6.17 Å². The molecule has 0 amide bonds. The summed E-state index contributed by atoms with van der Waals surface area (Å²) in [6.45, 7) is 4.36. The highest BCUT2D eigenvalue weighted by molar-refractivity contribution is 4.70. The molecule has 0 spiro atoms. The van der Waals surface area contributed by atoms with Crippen LogP contribution in [0.25, 0.3) is 0 Å². The van der Waals surface area contributed by atoms with Crippen molar-refractivity contribution in [3.05, 3.63) is 0 Å². The lowest BCUT2D eigenvalue weighted by Gasteiger charge is -2.21. The second-order valence-corrected chi connectivity index (χ2v) is 5.52. The summed E-state index contributed by atoms with van der Waals surface area (Å²) in [5, 5.41) is 0. The van der Waals surface area contributed by atoms with Crippen molar-refractivity contribution >= 4 is 0 Å². The van der Waals surface area contributed by atoms with Crippen LogP contribution < -0.4 is 0 Å². The topological polar surface area (TPSA) is 31.5 Å². The second kappa shape index (κ2) is 8.98. The standard InChI is InChI=1S/C7H13F.C7H14.H2O.H2/c1-6-4-2-3-5-7(6)8;1-7-5-3-2-4-6-7;;/h6-7H,2-5H2,1H3;7H,2-6H2,1H3;1H2;1H. The van der Waals surface area contributed by atoms with Gasteiger partial charge >= 0.3 is 0 Å². The van der Waals surface area contributed by atoms with Crippen LogP contribution in [-0.4, -0.2) is 11.6 Å². The first-order valence-electron chi connectivity index (χ1n) is 6.84. The Balaban J connectivity index is 0. The van der Waals surface area contributed by atoms with Crippen molar-refractivity contribution in [2.75, 3.05) is 0 Å². The van der Waals surface area contributed by atoms with Crippen LogP contribution in [0.2, 0.25) is 0 Å². The molecule has 2 atom stereocenters. The Bertz CT molecular complexity index is 150. The van der Waals surface area contributed by atoms with Gasteiger partial charge in [0, 0.05) is 1.43 Å². The van der Waals surface area contributed by atoms with Gasteiger partial charge in [-0.2, -0.15) is 0 Å². The van der Waals surface area contributed by atoms with Crippen LogP contribution in [0.15, 0.2) is 0 Å². The average Bonchev–Trinajstić information content (AvgIpc) is 2.25. The molecule has 0 aromatic rings. The van der Waals surface area contributed by atoms with Gasteiger partial charge in [0.15, 0.2) is 0 Å². The Labute approximate surface area is 102 Å². The molecule has 100 valence electrons. The van der Waals surface area contributed by atoms with E-state index in [-0.39, 0.29) is 6.90 Å². The molecule has 2 aliphatic carbocycles. The minimum absolute atomic E-state index is 0. The van der Waals surface area contributed by atoms with E-state index >= 15 is 0 Å². The molecule has 1 nitrogen and oxygen atoms in total. The SMILES string of the molecule is CC1CCCCC1.CC1CCCCC1F.O.[HH]. The highest BCUT2D eigenvalue weighted by Crippen LogP contribution is 2.25. The van der Waals surface area contributed by atoms with Crippen LogP contribution in [0.3, 0.4) is 0 Å². The van der Waals surface area contributed by atoms with E-state index in [1.54, 1.807) is 0 Å². The number of hydrogen-bond acceptors (Lipinski definition) is 0. The molecule has 0 aromatic carbocycles. The first-order valence-corrected chi connectivity index (χ1v) is 6.84. The van der Waals surface area contributed by atoms with E-state index in [1.807, 2.05) is 6.92 Å². The van der Waals surface area contributed by atoms with Gasteiger partial charge in [-0.3, -0.25) is 0 Å². The lowest BCUT2D eigenvalue weighted by Crippen LogP contribution is -2.16. The summed E-state index contributed by atoms with van der Waals surface area (Å²) in [5.74, 6) is 1.37. The number of alkyl halides is 1. The average molecular weight is 234 g/mol. The molecule has 2 heteroatoms. The van der Waals surface area contributed by atoms with Crippen molar-refractivity contribution in [2.24, 2.45) is 11.8 Å². The summed E-state index contributed by atoms with van der Waals surface area (Å²) in [6.07, 6.45) is 11.2. The normalized spacial score (nSPS) is 30.9. The molecular weight excluding hydrogens is 203 g/mol.